The van der Waals surface area contributed by atoms with Crippen LogP contribution in [0.15, 0.2) is 53.7 Å². The first-order chi connectivity index (χ1) is 14.0. The average Bonchev–Trinajstić information content (AvgIpc) is 3.07. The van der Waals surface area contributed by atoms with Gasteiger partial charge in [0.2, 0.25) is 5.91 Å². The van der Waals surface area contributed by atoms with Crippen molar-refractivity contribution in [1.82, 2.24) is 14.8 Å². The van der Waals surface area contributed by atoms with Gasteiger partial charge in [0.05, 0.1) is 23.4 Å². The molecule has 0 radical (unpaired) electrons. The number of benzene rings is 2. The Morgan fingerprint density at radius 3 is 2.66 bits per heavy atom. The highest BCUT2D eigenvalue weighted by Crippen LogP contribution is 2.22. The summed E-state index contributed by atoms with van der Waals surface area (Å²) in [5.41, 5.74) is 1.79. The molecule has 0 atom stereocenters. The molecule has 0 saturated carbocycles. The third-order valence-electron chi connectivity index (χ3n) is 4.12. The topological polar surface area (TPSA) is 86.1 Å². The molecule has 0 aliphatic heterocycles. The van der Waals surface area contributed by atoms with E-state index in [0.29, 0.717) is 17.3 Å². The van der Waals surface area contributed by atoms with Crippen molar-refractivity contribution >= 4 is 40.9 Å². The van der Waals surface area contributed by atoms with E-state index >= 15 is 0 Å². The lowest BCUT2D eigenvalue weighted by molar-refractivity contribution is -0.113. The number of nitrogens with zero attached hydrogens (tertiary/aromatic N) is 3. The van der Waals surface area contributed by atoms with Crippen molar-refractivity contribution in [3.63, 3.8) is 0 Å². The maximum absolute atomic E-state index is 12.3. The van der Waals surface area contributed by atoms with Crippen LogP contribution in [-0.2, 0) is 23.0 Å². The largest absolute Gasteiger partial charge is 0.465 e. The Morgan fingerprint density at radius 1 is 1.17 bits per heavy atom. The normalized spacial score (nSPS) is 10.6. The van der Waals surface area contributed by atoms with Crippen LogP contribution < -0.4 is 5.32 Å². The predicted molar refractivity (Wildman–Crippen MR) is 112 cm³/mol. The third-order valence-corrected chi connectivity index (χ3v) is 5.47. The van der Waals surface area contributed by atoms with Gasteiger partial charge in [-0.15, -0.1) is 10.2 Å². The van der Waals surface area contributed by atoms with Crippen LogP contribution in [0.2, 0.25) is 5.02 Å². The standard InChI is InChI=1S/C20H19ClN4O3S/c1-25-17(10-13-6-4-3-5-7-13)23-24-20(25)29-12-18(26)22-14-8-9-16(21)15(11-14)19(27)28-2/h3-9,11H,10,12H2,1-2H3,(H,22,26). The Morgan fingerprint density at radius 2 is 1.93 bits per heavy atom. The maximum atomic E-state index is 12.3. The van der Waals surface area contributed by atoms with Gasteiger partial charge in [-0.2, -0.15) is 0 Å². The smallest absolute Gasteiger partial charge is 0.339 e. The molecule has 1 aromatic heterocycles. The number of hydrogen-bond acceptors (Lipinski definition) is 6. The highest BCUT2D eigenvalue weighted by Gasteiger charge is 2.14. The summed E-state index contributed by atoms with van der Waals surface area (Å²) in [6, 6.07) is 14.6. The number of nitrogens with one attached hydrogen (secondary N) is 1. The molecule has 1 N–H and O–H groups in total. The van der Waals surface area contributed by atoms with Crippen molar-refractivity contribution < 1.29 is 14.3 Å². The molecule has 1 amide bonds. The van der Waals surface area contributed by atoms with Crippen molar-refractivity contribution in [3.05, 3.63) is 70.5 Å². The molecule has 0 spiro atoms. The van der Waals surface area contributed by atoms with E-state index in [2.05, 4.69) is 20.3 Å². The number of anilines is 1. The third kappa shape index (κ3) is 5.36. The maximum Gasteiger partial charge on any atom is 0.339 e. The Kier molecular flexibility index (Phi) is 6.90. The lowest BCUT2D eigenvalue weighted by Gasteiger charge is -2.08. The summed E-state index contributed by atoms with van der Waals surface area (Å²) in [7, 11) is 3.15. The number of hydrogen-bond donors (Lipinski definition) is 1. The number of carbonyl (C=O) groups is 2. The molecule has 7 nitrogen and oxygen atoms in total. The molecule has 9 heteroatoms. The number of thioether (sulfide) groups is 1. The van der Waals surface area contributed by atoms with E-state index in [0.717, 1.165) is 11.4 Å². The number of esters is 1. The summed E-state index contributed by atoms with van der Waals surface area (Å²) in [4.78, 5) is 24.0. The van der Waals surface area contributed by atoms with Gasteiger partial charge in [-0.05, 0) is 23.8 Å². The summed E-state index contributed by atoms with van der Waals surface area (Å²) >= 11 is 7.27. The van der Waals surface area contributed by atoms with Gasteiger partial charge in [-0.1, -0.05) is 53.7 Å². The van der Waals surface area contributed by atoms with Crippen LogP contribution in [0.4, 0.5) is 5.69 Å². The number of methoxy groups -OCH3 is 1. The van der Waals surface area contributed by atoms with E-state index in [1.807, 2.05) is 41.9 Å². The Bertz CT molecular complexity index is 1020. The molecule has 0 saturated heterocycles. The molecule has 2 aromatic carbocycles. The van der Waals surface area contributed by atoms with Crippen LogP contribution in [-0.4, -0.2) is 39.5 Å². The minimum Gasteiger partial charge on any atom is -0.465 e. The van der Waals surface area contributed by atoms with Gasteiger partial charge in [-0.3, -0.25) is 4.79 Å². The van der Waals surface area contributed by atoms with E-state index in [9.17, 15) is 9.59 Å². The molecule has 1 heterocycles. The zero-order valence-electron chi connectivity index (χ0n) is 15.9. The second-order valence-electron chi connectivity index (χ2n) is 6.14. The predicted octanol–water partition coefficient (Wildman–Crippen LogP) is 3.58. The number of aromatic nitrogens is 3. The summed E-state index contributed by atoms with van der Waals surface area (Å²) < 4.78 is 6.56. The van der Waals surface area contributed by atoms with Crippen LogP contribution in [0.1, 0.15) is 21.7 Å². The monoisotopic (exact) mass is 430 g/mol. The minimum absolute atomic E-state index is 0.146. The van der Waals surface area contributed by atoms with Crippen LogP contribution >= 0.6 is 23.4 Å². The first-order valence-electron chi connectivity index (χ1n) is 8.70. The highest BCUT2D eigenvalue weighted by atomic mass is 35.5. The molecular weight excluding hydrogens is 412 g/mol. The van der Waals surface area contributed by atoms with Crippen molar-refractivity contribution in [2.75, 3.05) is 18.2 Å². The number of rotatable bonds is 7. The Hall–Kier alpha value is -2.84. The van der Waals surface area contributed by atoms with E-state index < -0.39 is 5.97 Å². The number of carbonyl (C=O) groups excluding carboxylic acids is 2. The fourth-order valence-corrected chi connectivity index (χ4v) is 3.52. The number of halogens is 1. The van der Waals surface area contributed by atoms with E-state index in [4.69, 9.17) is 11.6 Å². The van der Waals surface area contributed by atoms with Crippen molar-refractivity contribution in [2.45, 2.75) is 11.6 Å². The van der Waals surface area contributed by atoms with Crippen molar-refractivity contribution in [2.24, 2.45) is 7.05 Å². The molecule has 0 fully saturated rings. The molecule has 0 bridgehead atoms. The molecule has 29 heavy (non-hydrogen) atoms. The van der Waals surface area contributed by atoms with Crippen LogP contribution in [0.5, 0.6) is 0 Å². The zero-order chi connectivity index (χ0) is 20.8. The SMILES string of the molecule is COC(=O)c1cc(NC(=O)CSc2nnc(Cc3ccccc3)n2C)ccc1Cl. The van der Waals surface area contributed by atoms with Gasteiger partial charge in [-0.25, -0.2) is 4.79 Å². The van der Waals surface area contributed by atoms with Crippen LogP contribution in [0, 0.1) is 0 Å². The zero-order valence-corrected chi connectivity index (χ0v) is 17.5. The molecular formula is C20H19ClN4O3S. The Labute approximate surface area is 177 Å². The Balaban J connectivity index is 1.59. The summed E-state index contributed by atoms with van der Waals surface area (Å²) in [6.45, 7) is 0. The van der Waals surface area contributed by atoms with Gasteiger partial charge < -0.3 is 14.6 Å². The molecule has 0 unspecified atom stereocenters. The quantitative estimate of drug-likeness (QED) is 0.455. The van der Waals surface area contributed by atoms with Gasteiger partial charge in [0, 0.05) is 19.2 Å². The lowest BCUT2D eigenvalue weighted by Crippen LogP contribution is -2.15. The van der Waals surface area contributed by atoms with Crippen molar-refractivity contribution in [3.8, 4) is 0 Å². The first-order valence-corrected chi connectivity index (χ1v) is 10.1. The van der Waals surface area contributed by atoms with Gasteiger partial charge >= 0.3 is 5.97 Å². The first kappa shape index (κ1) is 20.9. The number of amides is 1. The van der Waals surface area contributed by atoms with Crippen molar-refractivity contribution in [1.29, 1.82) is 0 Å². The fraction of sp³-hybridized carbons (Fsp3) is 0.200. The lowest BCUT2D eigenvalue weighted by atomic mass is 10.1. The van der Waals surface area contributed by atoms with Crippen LogP contribution in [0.25, 0.3) is 0 Å². The van der Waals surface area contributed by atoms with Gasteiger partial charge in [0.25, 0.3) is 0 Å². The molecule has 0 aliphatic carbocycles. The van der Waals surface area contributed by atoms with Crippen LogP contribution in [0.3, 0.4) is 0 Å². The van der Waals surface area contributed by atoms with E-state index in [-0.39, 0.29) is 22.2 Å². The minimum atomic E-state index is -0.564. The second-order valence-corrected chi connectivity index (χ2v) is 7.49. The van der Waals surface area contributed by atoms with E-state index in [1.54, 1.807) is 6.07 Å². The number of ether oxygens (including phenoxy) is 1. The molecule has 0 aliphatic rings. The molecule has 3 rings (SSSR count). The van der Waals surface area contributed by atoms with E-state index in [1.165, 1.54) is 31.0 Å². The molecule has 150 valence electrons. The van der Waals surface area contributed by atoms with Gasteiger partial charge in [0.15, 0.2) is 5.16 Å². The van der Waals surface area contributed by atoms with Gasteiger partial charge in [0.1, 0.15) is 5.82 Å². The second kappa shape index (κ2) is 9.58. The fourth-order valence-electron chi connectivity index (χ4n) is 2.60. The average molecular weight is 431 g/mol. The molecule has 3 aromatic rings. The summed E-state index contributed by atoms with van der Waals surface area (Å²) in [6.07, 6.45) is 0.665. The summed E-state index contributed by atoms with van der Waals surface area (Å²) in [5.74, 6) is 0.166. The highest BCUT2D eigenvalue weighted by molar-refractivity contribution is 7.99. The summed E-state index contributed by atoms with van der Waals surface area (Å²) in [5, 5.41) is 12.0.